The van der Waals surface area contributed by atoms with Crippen LogP contribution in [-0.2, 0) is 17.9 Å². The molecule has 2 rings (SSSR count). The van der Waals surface area contributed by atoms with Crippen molar-refractivity contribution >= 4 is 10.9 Å². The maximum absolute atomic E-state index is 5.22. The average molecular weight is 203 g/mol. The van der Waals surface area contributed by atoms with Gasteiger partial charge in [-0.1, -0.05) is 18.2 Å². The van der Waals surface area contributed by atoms with Crippen LogP contribution < -0.4 is 0 Å². The van der Waals surface area contributed by atoms with Crippen molar-refractivity contribution in [2.75, 3.05) is 7.11 Å². The molecule has 0 unspecified atom stereocenters. The molecule has 0 atom stereocenters. The number of hydrogen-bond donors (Lipinski definition) is 0. The molecular formula is C13H17NO. The van der Waals surface area contributed by atoms with Gasteiger partial charge in [0.25, 0.3) is 0 Å². The zero-order valence-corrected chi connectivity index (χ0v) is 9.58. The summed E-state index contributed by atoms with van der Waals surface area (Å²) in [5.41, 5.74) is 3.92. The molecule has 0 aliphatic heterocycles. The van der Waals surface area contributed by atoms with Crippen molar-refractivity contribution in [1.82, 2.24) is 4.57 Å². The first-order valence-corrected chi connectivity index (χ1v) is 5.34. The Bertz CT molecular complexity index is 471. The van der Waals surface area contributed by atoms with E-state index in [1.807, 2.05) is 0 Å². The van der Waals surface area contributed by atoms with Gasteiger partial charge in [-0.25, -0.2) is 0 Å². The number of fused-ring (bicyclic) bond motifs is 1. The number of aryl methyl sites for hydroxylation is 2. The quantitative estimate of drug-likeness (QED) is 0.747. The van der Waals surface area contributed by atoms with Crippen molar-refractivity contribution in [2.24, 2.45) is 0 Å². The average Bonchev–Trinajstić information content (AvgIpc) is 2.57. The fourth-order valence-electron chi connectivity index (χ4n) is 2.20. The lowest BCUT2D eigenvalue weighted by Gasteiger charge is -2.08. The van der Waals surface area contributed by atoms with Crippen molar-refractivity contribution in [1.29, 1.82) is 0 Å². The van der Waals surface area contributed by atoms with E-state index in [9.17, 15) is 0 Å². The van der Waals surface area contributed by atoms with Crippen LogP contribution in [0.2, 0.25) is 0 Å². The lowest BCUT2D eigenvalue weighted by atomic mass is 10.2. The number of rotatable bonds is 3. The smallest absolute Gasteiger partial charge is 0.0864 e. The first-order valence-electron chi connectivity index (χ1n) is 5.34. The Hall–Kier alpha value is -1.28. The Labute approximate surface area is 90.5 Å². The molecule has 0 spiro atoms. The van der Waals surface area contributed by atoms with E-state index in [0.29, 0.717) is 6.61 Å². The molecule has 0 aliphatic carbocycles. The van der Waals surface area contributed by atoms with Gasteiger partial charge < -0.3 is 9.30 Å². The summed E-state index contributed by atoms with van der Waals surface area (Å²) in [5.74, 6) is 0. The lowest BCUT2D eigenvalue weighted by molar-refractivity contribution is 0.178. The minimum Gasteiger partial charge on any atom is -0.378 e. The zero-order chi connectivity index (χ0) is 10.8. The monoisotopic (exact) mass is 203 g/mol. The Balaban J connectivity index is 2.68. The molecule has 1 aromatic heterocycles. The molecule has 1 heterocycles. The van der Waals surface area contributed by atoms with Crippen molar-refractivity contribution in [3.8, 4) is 0 Å². The van der Waals surface area contributed by atoms with E-state index in [1.165, 1.54) is 22.2 Å². The fourth-order valence-corrected chi connectivity index (χ4v) is 2.20. The minimum atomic E-state index is 0.683. The van der Waals surface area contributed by atoms with Crippen LogP contribution in [0.15, 0.2) is 24.3 Å². The summed E-state index contributed by atoms with van der Waals surface area (Å²) in [6, 6.07) is 8.64. The summed E-state index contributed by atoms with van der Waals surface area (Å²) < 4.78 is 7.55. The molecule has 2 heteroatoms. The number of ether oxygens (including phenoxy) is 1. The summed E-state index contributed by atoms with van der Waals surface area (Å²) in [4.78, 5) is 0. The molecule has 0 aliphatic rings. The molecule has 1 aromatic carbocycles. The van der Waals surface area contributed by atoms with Gasteiger partial charge in [0.1, 0.15) is 0 Å². The topological polar surface area (TPSA) is 14.2 Å². The number of benzene rings is 1. The molecule has 2 nitrogen and oxygen atoms in total. The summed E-state index contributed by atoms with van der Waals surface area (Å²) >= 11 is 0. The molecule has 15 heavy (non-hydrogen) atoms. The standard InChI is InChI=1S/C13H17NO/c1-4-14-12(9-15-3)8-11-7-5-6-10(2)13(11)14/h5-8H,4,9H2,1-3H3. The van der Waals surface area contributed by atoms with Gasteiger partial charge in [0.05, 0.1) is 12.1 Å². The Morgan fingerprint density at radius 3 is 2.80 bits per heavy atom. The zero-order valence-electron chi connectivity index (χ0n) is 9.58. The Morgan fingerprint density at radius 1 is 1.33 bits per heavy atom. The van der Waals surface area contributed by atoms with Crippen molar-refractivity contribution in [2.45, 2.75) is 27.0 Å². The van der Waals surface area contributed by atoms with Crippen LogP contribution in [0.1, 0.15) is 18.2 Å². The first-order chi connectivity index (χ1) is 7.27. The normalized spacial score (nSPS) is 11.1. The van der Waals surface area contributed by atoms with Crippen LogP contribution in [0.3, 0.4) is 0 Å². The maximum atomic E-state index is 5.22. The van der Waals surface area contributed by atoms with Crippen LogP contribution in [0, 0.1) is 6.92 Å². The van der Waals surface area contributed by atoms with Gasteiger partial charge in [-0.2, -0.15) is 0 Å². The predicted octanol–water partition coefficient (Wildman–Crippen LogP) is 3.12. The van der Waals surface area contributed by atoms with E-state index >= 15 is 0 Å². The van der Waals surface area contributed by atoms with Gasteiger partial charge in [0.2, 0.25) is 0 Å². The maximum Gasteiger partial charge on any atom is 0.0864 e. The van der Waals surface area contributed by atoms with Gasteiger partial charge in [-0.05, 0) is 25.5 Å². The van der Waals surface area contributed by atoms with Gasteiger partial charge in [0, 0.05) is 24.7 Å². The summed E-state index contributed by atoms with van der Waals surface area (Å²) in [6.07, 6.45) is 0. The van der Waals surface area contributed by atoms with Crippen LogP contribution in [0.4, 0.5) is 0 Å². The number of aromatic nitrogens is 1. The molecule has 0 radical (unpaired) electrons. The molecule has 2 aromatic rings. The van der Waals surface area contributed by atoms with Crippen molar-refractivity contribution in [3.63, 3.8) is 0 Å². The highest BCUT2D eigenvalue weighted by molar-refractivity contribution is 5.84. The number of para-hydroxylation sites is 1. The van der Waals surface area contributed by atoms with Crippen LogP contribution in [0.5, 0.6) is 0 Å². The van der Waals surface area contributed by atoms with Crippen LogP contribution in [0.25, 0.3) is 10.9 Å². The summed E-state index contributed by atoms with van der Waals surface area (Å²) in [5, 5.41) is 1.31. The van der Waals surface area contributed by atoms with Crippen LogP contribution in [-0.4, -0.2) is 11.7 Å². The Kier molecular flexibility index (Phi) is 2.78. The first kappa shape index (κ1) is 10.2. The van der Waals surface area contributed by atoms with Gasteiger partial charge in [-0.3, -0.25) is 0 Å². The highest BCUT2D eigenvalue weighted by Gasteiger charge is 2.08. The van der Waals surface area contributed by atoms with Crippen LogP contribution >= 0.6 is 0 Å². The van der Waals surface area contributed by atoms with Crippen molar-refractivity contribution < 1.29 is 4.74 Å². The minimum absolute atomic E-state index is 0.683. The molecule has 80 valence electrons. The number of methoxy groups -OCH3 is 1. The molecule has 0 saturated heterocycles. The van der Waals surface area contributed by atoms with Gasteiger partial charge in [0.15, 0.2) is 0 Å². The second-order valence-electron chi connectivity index (χ2n) is 3.83. The summed E-state index contributed by atoms with van der Waals surface area (Å²) in [6.45, 7) is 6.01. The van der Waals surface area contributed by atoms with E-state index in [-0.39, 0.29) is 0 Å². The van der Waals surface area contributed by atoms with E-state index in [1.54, 1.807) is 7.11 Å². The van der Waals surface area contributed by atoms with Gasteiger partial charge >= 0.3 is 0 Å². The second-order valence-corrected chi connectivity index (χ2v) is 3.83. The SMILES string of the molecule is CCn1c(COC)cc2cccc(C)c21. The molecule has 0 amide bonds. The Morgan fingerprint density at radius 2 is 2.13 bits per heavy atom. The highest BCUT2D eigenvalue weighted by Crippen LogP contribution is 2.23. The highest BCUT2D eigenvalue weighted by atomic mass is 16.5. The largest absolute Gasteiger partial charge is 0.378 e. The molecular weight excluding hydrogens is 186 g/mol. The molecule has 0 N–H and O–H groups in total. The molecule has 0 fully saturated rings. The third kappa shape index (κ3) is 1.65. The lowest BCUT2D eigenvalue weighted by Crippen LogP contribution is -2.02. The van der Waals surface area contributed by atoms with E-state index < -0.39 is 0 Å². The van der Waals surface area contributed by atoms with Crippen molar-refractivity contribution in [3.05, 3.63) is 35.5 Å². The molecule has 0 saturated carbocycles. The van der Waals surface area contributed by atoms with E-state index in [0.717, 1.165) is 6.54 Å². The predicted molar refractivity (Wildman–Crippen MR) is 63.1 cm³/mol. The third-order valence-corrected chi connectivity index (χ3v) is 2.82. The van der Waals surface area contributed by atoms with Gasteiger partial charge in [-0.15, -0.1) is 0 Å². The van der Waals surface area contributed by atoms with E-state index in [2.05, 4.69) is 42.7 Å². The summed E-state index contributed by atoms with van der Waals surface area (Å²) in [7, 11) is 1.74. The third-order valence-electron chi connectivity index (χ3n) is 2.82. The second kappa shape index (κ2) is 4.07. The van der Waals surface area contributed by atoms with E-state index in [4.69, 9.17) is 4.74 Å². The molecule has 0 bridgehead atoms. The fraction of sp³-hybridized carbons (Fsp3) is 0.385. The number of hydrogen-bond acceptors (Lipinski definition) is 1. The number of nitrogens with zero attached hydrogens (tertiary/aromatic N) is 1.